The van der Waals surface area contributed by atoms with E-state index in [1.807, 2.05) is 24.3 Å². The zero-order valence-corrected chi connectivity index (χ0v) is 14.2. The molecule has 0 aliphatic carbocycles. The number of methoxy groups -OCH3 is 2. The molecule has 0 aliphatic rings. The van der Waals surface area contributed by atoms with Crippen molar-refractivity contribution in [3.05, 3.63) is 65.2 Å². The van der Waals surface area contributed by atoms with Gasteiger partial charge < -0.3 is 14.6 Å². The summed E-state index contributed by atoms with van der Waals surface area (Å²) < 4.78 is 10.3. The Bertz CT molecular complexity index is 708. The SMILES string of the molecule is COc1ccc(C(=C(C=O)CCC(=O)O)c2ccc(OC)cc2)cc1. The Hall–Kier alpha value is -3.08. The van der Waals surface area contributed by atoms with Crippen LogP contribution in [0.25, 0.3) is 5.57 Å². The molecule has 5 heteroatoms. The van der Waals surface area contributed by atoms with Gasteiger partial charge in [0.2, 0.25) is 0 Å². The summed E-state index contributed by atoms with van der Waals surface area (Å²) in [5.41, 5.74) is 2.79. The van der Waals surface area contributed by atoms with E-state index in [9.17, 15) is 9.59 Å². The quantitative estimate of drug-likeness (QED) is 0.587. The van der Waals surface area contributed by atoms with E-state index in [1.165, 1.54) is 0 Å². The minimum Gasteiger partial charge on any atom is -0.497 e. The Morgan fingerprint density at radius 2 is 1.32 bits per heavy atom. The fourth-order valence-electron chi connectivity index (χ4n) is 2.54. The Balaban J connectivity index is 2.54. The van der Waals surface area contributed by atoms with E-state index in [0.717, 1.165) is 17.4 Å². The number of carbonyl (C=O) groups is 2. The second-order valence-electron chi connectivity index (χ2n) is 5.37. The molecule has 0 saturated heterocycles. The first-order valence-corrected chi connectivity index (χ1v) is 7.78. The lowest BCUT2D eigenvalue weighted by Gasteiger charge is -2.13. The van der Waals surface area contributed by atoms with Crippen LogP contribution in [-0.4, -0.2) is 31.6 Å². The third-order valence-electron chi connectivity index (χ3n) is 3.83. The summed E-state index contributed by atoms with van der Waals surface area (Å²) in [7, 11) is 3.16. The van der Waals surface area contributed by atoms with Crippen LogP contribution in [-0.2, 0) is 9.59 Å². The van der Waals surface area contributed by atoms with Gasteiger partial charge in [0, 0.05) is 12.0 Å². The topological polar surface area (TPSA) is 72.8 Å². The van der Waals surface area contributed by atoms with Crippen LogP contribution >= 0.6 is 0 Å². The second-order valence-corrected chi connectivity index (χ2v) is 5.37. The fraction of sp³-hybridized carbons (Fsp3) is 0.200. The first-order valence-electron chi connectivity index (χ1n) is 7.78. The third-order valence-corrected chi connectivity index (χ3v) is 3.83. The van der Waals surface area contributed by atoms with Crippen LogP contribution in [0.2, 0.25) is 0 Å². The van der Waals surface area contributed by atoms with E-state index < -0.39 is 5.97 Å². The zero-order valence-electron chi connectivity index (χ0n) is 14.2. The summed E-state index contributed by atoms with van der Waals surface area (Å²) in [6.07, 6.45) is 0.781. The third kappa shape index (κ3) is 4.70. The van der Waals surface area contributed by atoms with Crippen LogP contribution in [0.4, 0.5) is 0 Å². The molecule has 2 aromatic rings. The van der Waals surface area contributed by atoms with Gasteiger partial charge in [0.15, 0.2) is 0 Å². The second kappa shape index (κ2) is 8.68. The average Bonchev–Trinajstić information content (AvgIpc) is 2.65. The summed E-state index contributed by atoms with van der Waals surface area (Å²) in [6, 6.07) is 14.6. The van der Waals surface area contributed by atoms with Crippen molar-refractivity contribution in [3.8, 4) is 11.5 Å². The predicted molar refractivity (Wildman–Crippen MR) is 94.9 cm³/mol. The molecule has 2 rings (SSSR count). The Kier molecular flexibility index (Phi) is 6.34. The van der Waals surface area contributed by atoms with Gasteiger partial charge in [-0.1, -0.05) is 24.3 Å². The highest BCUT2D eigenvalue weighted by atomic mass is 16.5. The molecule has 0 unspecified atom stereocenters. The van der Waals surface area contributed by atoms with Crippen molar-refractivity contribution < 1.29 is 24.2 Å². The predicted octanol–water partition coefficient (Wildman–Crippen LogP) is 3.57. The average molecular weight is 340 g/mol. The summed E-state index contributed by atoms with van der Waals surface area (Å²) in [5, 5.41) is 8.95. The van der Waals surface area contributed by atoms with Gasteiger partial charge in [0.1, 0.15) is 17.8 Å². The molecular weight excluding hydrogens is 320 g/mol. The highest BCUT2D eigenvalue weighted by molar-refractivity contribution is 5.95. The number of rotatable bonds is 8. The largest absolute Gasteiger partial charge is 0.497 e. The van der Waals surface area contributed by atoms with Crippen LogP contribution in [0.3, 0.4) is 0 Å². The van der Waals surface area contributed by atoms with Gasteiger partial charge in [-0.2, -0.15) is 0 Å². The van der Waals surface area contributed by atoms with Gasteiger partial charge in [-0.05, 0) is 47.4 Å². The number of aldehydes is 1. The first-order chi connectivity index (χ1) is 12.1. The Labute approximate surface area is 146 Å². The van der Waals surface area contributed by atoms with Crippen molar-refractivity contribution in [2.24, 2.45) is 0 Å². The lowest BCUT2D eigenvalue weighted by atomic mass is 9.91. The van der Waals surface area contributed by atoms with Gasteiger partial charge in [-0.25, -0.2) is 0 Å². The van der Waals surface area contributed by atoms with Crippen LogP contribution in [0.15, 0.2) is 54.1 Å². The molecule has 2 aromatic carbocycles. The highest BCUT2D eigenvalue weighted by Gasteiger charge is 2.13. The van der Waals surface area contributed by atoms with Gasteiger partial charge in [0.05, 0.1) is 14.2 Å². The van der Waals surface area contributed by atoms with Crippen molar-refractivity contribution in [2.45, 2.75) is 12.8 Å². The van der Waals surface area contributed by atoms with Crippen molar-refractivity contribution in [2.75, 3.05) is 14.2 Å². The van der Waals surface area contributed by atoms with E-state index in [4.69, 9.17) is 14.6 Å². The molecule has 0 fully saturated rings. The molecule has 0 amide bonds. The van der Waals surface area contributed by atoms with Gasteiger partial charge in [-0.3, -0.25) is 9.59 Å². The standard InChI is InChI=1S/C20H20O5/c1-24-17-8-3-14(4-9-17)20(16(13-21)7-12-19(22)23)15-5-10-18(25-2)11-6-15/h3-6,8-11,13H,7,12H2,1-2H3,(H,22,23). The molecule has 0 atom stereocenters. The van der Waals surface area contributed by atoms with Crippen LogP contribution in [0.5, 0.6) is 11.5 Å². The number of ether oxygens (including phenoxy) is 2. The molecule has 0 heterocycles. The van der Waals surface area contributed by atoms with Crippen LogP contribution in [0, 0.1) is 0 Å². The first kappa shape index (κ1) is 18.3. The molecule has 1 N–H and O–H groups in total. The summed E-state index contributed by atoms with van der Waals surface area (Å²) in [5.74, 6) is 0.468. The van der Waals surface area contributed by atoms with Crippen LogP contribution < -0.4 is 9.47 Å². The molecule has 0 aromatic heterocycles. The lowest BCUT2D eigenvalue weighted by Crippen LogP contribution is -2.01. The smallest absolute Gasteiger partial charge is 0.303 e. The monoisotopic (exact) mass is 340 g/mol. The van der Waals surface area contributed by atoms with E-state index in [0.29, 0.717) is 22.6 Å². The number of carbonyl (C=O) groups excluding carboxylic acids is 1. The molecular formula is C20H20O5. The minimum absolute atomic E-state index is 0.107. The van der Waals surface area contributed by atoms with Crippen molar-refractivity contribution in [1.29, 1.82) is 0 Å². The van der Waals surface area contributed by atoms with Crippen molar-refractivity contribution in [3.63, 3.8) is 0 Å². The number of hydrogen-bond acceptors (Lipinski definition) is 4. The summed E-state index contributed by atoms with van der Waals surface area (Å²) in [4.78, 5) is 22.6. The Morgan fingerprint density at radius 3 is 1.64 bits per heavy atom. The highest BCUT2D eigenvalue weighted by Crippen LogP contribution is 2.30. The molecule has 130 valence electrons. The van der Waals surface area contributed by atoms with Crippen LogP contribution in [0.1, 0.15) is 24.0 Å². The Morgan fingerprint density at radius 1 is 0.880 bits per heavy atom. The number of hydrogen-bond donors (Lipinski definition) is 1. The molecule has 5 nitrogen and oxygen atoms in total. The molecule has 0 spiro atoms. The number of carboxylic acids is 1. The maximum absolute atomic E-state index is 11.7. The van der Waals surface area contributed by atoms with E-state index >= 15 is 0 Å². The zero-order chi connectivity index (χ0) is 18.2. The van der Waals surface area contributed by atoms with Gasteiger partial charge in [0.25, 0.3) is 0 Å². The molecule has 0 aliphatic heterocycles. The fourth-order valence-corrected chi connectivity index (χ4v) is 2.54. The number of allylic oxidation sites excluding steroid dienone is 1. The van der Waals surface area contributed by atoms with Crippen molar-refractivity contribution in [1.82, 2.24) is 0 Å². The van der Waals surface area contributed by atoms with E-state index in [2.05, 4.69) is 0 Å². The molecule has 0 saturated carbocycles. The van der Waals surface area contributed by atoms with E-state index in [1.54, 1.807) is 38.5 Å². The molecule has 0 bridgehead atoms. The number of benzene rings is 2. The lowest BCUT2D eigenvalue weighted by molar-refractivity contribution is -0.136. The summed E-state index contributed by atoms with van der Waals surface area (Å²) >= 11 is 0. The maximum atomic E-state index is 11.7. The normalized spacial score (nSPS) is 10.0. The molecule has 25 heavy (non-hydrogen) atoms. The van der Waals surface area contributed by atoms with Gasteiger partial charge >= 0.3 is 5.97 Å². The molecule has 0 radical (unpaired) electrons. The maximum Gasteiger partial charge on any atom is 0.303 e. The number of carboxylic acid groups (broad SMARTS) is 1. The van der Waals surface area contributed by atoms with Crippen molar-refractivity contribution >= 4 is 17.8 Å². The summed E-state index contributed by atoms with van der Waals surface area (Å²) in [6.45, 7) is 0. The number of aliphatic carboxylic acids is 1. The van der Waals surface area contributed by atoms with Gasteiger partial charge in [-0.15, -0.1) is 0 Å². The van der Waals surface area contributed by atoms with E-state index in [-0.39, 0.29) is 12.8 Å². The minimum atomic E-state index is -0.942.